The second kappa shape index (κ2) is 9.43. The Morgan fingerprint density at radius 3 is 2.18 bits per heavy atom. The van der Waals surface area contributed by atoms with Crippen LogP contribution in [0.3, 0.4) is 0 Å². The predicted molar refractivity (Wildman–Crippen MR) is 102 cm³/mol. The first-order chi connectivity index (χ1) is 13.2. The van der Waals surface area contributed by atoms with E-state index >= 15 is 0 Å². The van der Waals surface area contributed by atoms with Gasteiger partial charge in [0.1, 0.15) is 5.82 Å². The molecule has 0 aliphatic carbocycles. The molecule has 2 amide bonds. The Balaban J connectivity index is 1.92. The summed E-state index contributed by atoms with van der Waals surface area (Å²) < 4.78 is 39.8. The van der Waals surface area contributed by atoms with Crippen molar-refractivity contribution in [3.63, 3.8) is 0 Å². The molecule has 1 atom stereocenters. The number of rotatable bonds is 7. The second-order valence-electron chi connectivity index (χ2n) is 6.26. The minimum Gasteiger partial charge on any atom is -0.273 e. The Morgan fingerprint density at radius 2 is 1.61 bits per heavy atom. The molecule has 0 fully saturated rings. The highest BCUT2D eigenvalue weighted by Gasteiger charge is 2.17. The lowest BCUT2D eigenvalue weighted by molar-refractivity contribution is -0.121. The van der Waals surface area contributed by atoms with Crippen molar-refractivity contribution in [1.82, 2.24) is 15.6 Å². The summed E-state index contributed by atoms with van der Waals surface area (Å²) in [6.45, 7) is 3.62. The first-order valence-corrected chi connectivity index (χ1v) is 10.2. The number of halogens is 1. The molecule has 7 nitrogen and oxygen atoms in total. The predicted octanol–water partition coefficient (Wildman–Crippen LogP) is 1.91. The average molecular weight is 407 g/mol. The van der Waals surface area contributed by atoms with E-state index in [1.807, 2.05) is 6.92 Å². The average Bonchev–Trinajstić information content (AvgIpc) is 2.67. The normalized spacial score (nSPS) is 12.2. The van der Waals surface area contributed by atoms with Crippen molar-refractivity contribution in [1.29, 1.82) is 0 Å². The molecular weight excluding hydrogens is 385 g/mol. The molecule has 0 unspecified atom stereocenters. The number of sulfonamides is 1. The summed E-state index contributed by atoms with van der Waals surface area (Å²) in [6, 6.07) is 10.6. The van der Waals surface area contributed by atoms with Gasteiger partial charge in [0.2, 0.25) is 15.9 Å². The maximum atomic E-state index is 12.8. The van der Waals surface area contributed by atoms with E-state index < -0.39 is 27.7 Å². The molecule has 150 valence electrons. The molecular formula is C19H22FN3O4S. The van der Waals surface area contributed by atoms with Gasteiger partial charge in [0.15, 0.2) is 0 Å². The minimum atomic E-state index is -3.66. The number of carbonyl (C=O) groups excluding carboxylic acids is 2. The number of hydrogen-bond donors (Lipinski definition) is 3. The van der Waals surface area contributed by atoms with Crippen LogP contribution in [0.25, 0.3) is 0 Å². The molecule has 3 N–H and O–H groups in total. The highest BCUT2D eigenvalue weighted by molar-refractivity contribution is 7.89. The molecule has 2 rings (SSSR count). The largest absolute Gasteiger partial charge is 0.273 e. The van der Waals surface area contributed by atoms with Crippen molar-refractivity contribution >= 4 is 21.8 Å². The van der Waals surface area contributed by atoms with E-state index in [9.17, 15) is 22.4 Å². The summed E-state index contributed by atoms with van der Waals surface area (Å²) in [7, 11) is -3.66. The van der Waals surface area contributed by atoms with Crippen LogP contribution in [0.2, 0.25) is 0 Å². The maximum Gasteiger partial charge on any atom is 0.269 e. The van der Waals surface area contributed by atoms with E-state index in [-0.39, 0.29) is 22.9 Å². The SMILES string of the molecule is CC[C@@H](C)NS(=O)(=O)c1ccc(C(=O)NNC(=O)Cc2ccc(F)cc2)cc1. The fourth-order valence-corrected chi connectivity index (χ4v) is 3.56. The summed E-state index contributed by atoms with van der Waals surface area (Å²) in [5.74, 6) is -1.47. The van der Waals surface area contributed by atoms with Gasteiger partial charge in [-0.3, -0.25) is 20.4 Å². The smallest absolute Gasteiger partial charge is 0.269 e. The zero-order chi connectivity index (χ0) is 20.7. The molecule has 9 heteroatoms. The van der Waals surface area contributed by atoms with Crippen molar-refractivity contribution in [3.05, 3.63) is 65.5 Å². The van der Waals surface area contributed by atoms with Crippen molar-refractivity contribution < 1.29 is 22.4 Å². The Kier molecular flexibility index (Phi) is 7.24. The van der Waals surface area contributed by atoms with Gasteiger partial charge in [0.25, 0.3) is 5.91 Å². The summed E-state index contributed by atoms with van der Waals surface area (Å²) in [4.78, 5) is 24.0. The zero-order valence-electron chi connectivity index (χ0n) is 15.5. The lowest BCUT2D eigenvalue weighted by Gasteiger charge is -2.12. The molecule has 0 aromatic heterocycles. The van der Waals surface area contributed by atoms with Crippen LogP contribution in [0, 0.1) is 5.82 Å². The first kappa shape index (κ1) is 21.5. The molecule has 0 aliphatic rings. The maximum absolute atomic E-state index is 12.8. The van der Waals surface area contributed by atoms with Crippen molar-refractivity contribution in [3.8, 4) is 0 Å². The van der Waals surface area contributed by atoms with Crippen LogP contribution in [0.15, 0.2) is 53.4 Å². The molecule has 0 aliphatic heterocycles. The van der Waals surface area contributed by atoms with Crippen molar-refractivity contribution in [2.24, 2.45) is 0 Å². The van der Waals surface area contributed by atoms with Gasteiger partial charge < -0.3 is 0 Å². The van der Waals surface area contributed by atoms with Crippen LogP contribution in [0.5, 0.6) is 0 Å². The third-order valence-corrected chi connectivity index (χ3v) is 5.59. The standard InChI is InChI=1S/C19H22FN3O4S/c1-3-13(2)23-28(26,27)17-10-6-15(7-11-17)19(25)22-21-18(24)12-14-4-8-16(20)9-5-14/h4-11,13,23H,3,12H2,1-2H3,(H,21,24)(H,22,25)/t13-/m1/s1. The molecule has 0 heterocycles. The van der Waals surface area contributed by atoms with Crippen molar-refractivity contribution in [2.45, 2.75) is 37.6 Å². The lowest BCUT2D eigenvalue weighted by Crippen LogP contribution is -2.42. The van der Waals surface area contributed by atoms with Gasteiger partial charge in [-0.1, -0.05) is 19.1 Å². The van der Waals surface area contributed by atoms with E-state index in [1.165, 1.54) is 48.5 Å². The van der Waals surface area contributed by atoms with E-state index in [2.05, 4.69) is 15.6 Å². The molecule has 0 radical (unpaired) electrons. The van der Waals surface area contributed by atoms with Crippen LogP contribution in [-0.4, -0.2) is 26.3 Å². The van der Waals surface area contributed by atoms with Crippen LogP contribution in [0.4, 0.5) is 4.39 Å². The highest BCUT2D eigenvalue weighted by atomic mass is 32.2. The number of benzene rings is 2. The van der Waals surface area contributed by atoms with Crippen LogP contribution in [0.1, 0.15) is 36.2 Å². The van der Waals surface area contributed by atoms with Crippen LogP contribution in [-0.2, 0) is 21.2 Å². The van der Waals surface area contributed by atoms with Gasteiger partial charge >= 0.3 is 0 Å². The molecule has 0 saturated carbocycles. The Hall–Kier alpha value is -2.78. The summed E-state index contributed by atoms with van der Waals surface area (Å²) in [6.07, 6.45) is 0.621. The monoisotopic (exact) mass is 407 g/mol. The highest BCUT2D eigenvalue weighted by Crippen LogP contribution is 2.11. The number of carbonyl (C=O) groups is 2. The Morgan fingerprint density at radius 1 is 1.00 bits per heavy atom. The van der Waals surface area contributed by atoms with Gasteiger partial charge in [-0.2, -0.15) is 0 Å². The third-order valence-electron chi connectivity index (χ3n) is 3.99. The molecule has 28 heavy (non-hydrogen) atoms. The second-order valence-corrected chi connectivity index (χ2v) is 7.97. The van der Waals surface area contributed by atoms with Crippen molar-refractivity contribution in [2.75, 3.05) is 0 Å². The molecule has 0 saturated heterocycles. The Labute approximate surface area is 163 Å². The number of nitrogens with one attached hydrogen (secondary N) is 3. The molecule has 2 aromatic carbocycles. The Bertz CT molecular complexity index is 929. The zero-order valence-corrected chi connectivity index (χ0v) is 16.3. The van der Waals surface area contributed by atoms with E-state index in [0.29, 0.717) is 12.0 Å². The summed E-state index contributed by atoms with van der Waals surface area (Å²) in [5, 5.41) is 0. The minimum absolute atomic E-state index is 0.0287. The number of hydrogen-bond acceptors (Lipinski definition) is 4. The summed E-state index contributed by atoms with van der Waals surface area (Å²) >= 11 is 0. The molecule has 2 aromatic rings. The number of hydrazine groups is 1. The van der Waals surface area contributed by atoms with Gasteiger partial charge in [0.05, 0.1) is 11.3 Å². The summed E-state index contributed by atoms with van der Waals surface area (Å²) in [5.41, 5.74) is 5.29. The van der Waals surface area contributed by atoms with Gasteiger partial charge in [-0.15, -0.1) is 0 Å². The van der Waals surface area contributed by atoms with Crippen LogP contribution < -0.4 is 15.6 Å². The first-order valence-electron chi connectivity index (χ1n) is 8.67. The molecule has 0 bridgehead atoms. The lowest BCUT2D eigenvalue weighted by atomic mass is 10.1. The fraction of sp³-hybridized carbons (Fsp3) is 0.263. The van der Waals surface area contributed by atoms with E-state index in [1.54, 1.807) is 6.92 Å². The van der Waals surface area contributed by atoms with Crippen LogP contribution >= 0.6 is 0 Å². The van der Waals surface area contributed by atoms with Gasteiger partial charge in [-0.05, 0) is 55.3 Å². The van der Waals surface area contributed by atoms with E-state index in [4.69, 9.17) is 0 Å². The van der Waals surface area contributed by atoms with E-state index in [0.717, 1.165) is 0 Å². The third kappa shape index (κ3) is 6.14. The molecule has 0 spiro atoms. The number of amides is 2. The fourth-order valence-electron chi connectivity index (χ4n) is 2.23. The van der Waals surface area contributed by atoms with Gasteiger partial charge in [-0.25, -0.2) is 17.5 Å². The topological polar surface area (TPSA) is 104 Å². The quantitative estimate of drug-likeness (QED) is 0.610. The van der Waals surface area contributed by atoms with Gasteiger partial charge in [0, 0.05) is 11.6 Å².